The van der Waals surface area contributed by atoms with Gasteiger partial charge in [-0.15, -0.1) is 0 Å². The number of piperazine rings is 1. The Morgan fingerprint density at radius 3 is 2.78 bits per heavy atom. The van der Waals surface area contributed by atoms with Crippen molar-refractivity contribution in [3.8, 4) is 0 Å². The van der Waals surface area contributed by atoms with Crippen LogP contribution in [0.4, 0.5) is 4.39 Å². The molecule has 0 radical (unpaired) electrons. The normalized spacial score (nSPS) is 19.1. The van der Waals surface area contributed by atoms with Crippen LogP contribution >= 0.6 is 0 Å². The molecule has 1 saturated heterocycles. The Morgan fingerprint density at radius 1 is 1.35 bits per heavy atom. The fourth-order valence-electron chi connectivity index (χ4n) is 2.81. The molecule has 1 aromatic heterocycles. The first-order valence-corrected chi connectivity index (χ1v) is 7.51. The van der Waals surface area contributed by atoms with E-state index in [-0.39, 0.29) is 17.8 Å². The lowest BCUT2D eigenvalue weighted by atomic mass is 10.1. The molecule has 0 saturated carbocycles. The van der Waals surface area contributed by atoms with Gasteiger partial charge in [0.05, 0.1) is 0 Å². The second kappa shape index (κ2) is 6.08. The summed E-state index contributed by atoms with van der Waals surface area (Å²) in [6, 6.07) is 4.10. The average Bonchev–Trinajstić information content (AvgIpc) is 2.93. The maximum Gasteiger partial charge on any atom is 0.254 e. The number of halogens is 1. The van der Waals surface area contributed by atoms with Crippen LogP contribution in [0, 0.1) is 19.7 Å². The van der Waals surface area contributed by atoms with E-state index in [1.807, 2.05) is 7.05 Å². The van der Waals surface area contributed by atoms with Crippen molar-refractivity contribution in [3.05, 3.63) is 46.9 Å². The molecule has 6 nitrogen and oxygen atoms in total. The molecule has 3 rings (SSSR count). The van der Waals surface area contributed by atoms with E-state index in [1.54, 1.807) is 18.7 Å². The lowest BCUT2D eigenvalue weighted by Gasteiger charge is -2.37. The van der Waals surface area contributed by atoms with Gasteiger partial charge in [-0.3, -0.25) is 9.69 Å². The molecule has 2 heterocycles. The third kappa shape index (κ3) is 3.10. The average molecular weight is 318 g/mol. The van der Waals surface area contributed by atoms with Gasteiger partial charge in [-0.2, -0.15) is 4.98 Å². The smallest absolute Gasteiger partial charge is 0.254 e. The molecule has 1 atom stereocenters. The maximum absolute atomic E-state index is 13.2. The molecular weight excluding hydrogens is 299 g/mol. The SMILES string of the molecule is Cc1noc(C2CN(C(=O)c3ccc(F)cc3C)CCN2C)n1. The summed E-state index contributed by atoms with van der Waals surface area (Å²) in [5.41, 5.74) is 1.16. The van der Waals surface area contributed by atoms with Crippen LogP contribution in [-0.2, 0) is 0 Å². The van der Waals surface area contributed by atoms with Crippen LogP contribution in [0.1, 0.15) is 33.7 Å². The molecule has 0 spiro atoms. The zero-order valence-corrected chi connectivity index (χ0v) is 13.4. The molecule has 1 fully saturated rings. The van der Waals surface area contributed by atoms with Crippen molar-refractivity contribution in [1.82, 2.24) is 19.9 Å². The van der Waals surface area contributed by atoms with Gasteiger partial charge >= 0.3 is 0 Å². The number of benzene rings is 1. The highest BCUT2D eigenvalue weighted by molar-refractivity contribution is 5.95. The molecule has 0 bridgehead atoms. The molecule has 1 unspecified atom stereocenters. The Kier molecular flexibility index (Phi) is 4.12. The van der Waals surface area contributed by atoms with E-state index < -0.39 is 0 Å². The first-order chi connectivity index (χ1) is 11.0. The second-order valence-electron chi connectivity index (χ2n) is 5.89. The minimum absolute atomic E-state index is 0.100. The van der Waals surface area contributed by atoms with E-state index in [0.29, 0.717) is 42.5 Å². The number of rotatable bonds is 2. The first kappa shape index (κ1) is 15.6. The van der Waals surface area contributed by atoms with Gasteiger partial charge in [-0.1, -0.05) is 5.16 Å². The molecule has 7 heteroatoms. The monoisotopic (exact) mass is 318 g/mol. The van der Waals surface area contributed by atoms with Gasteiger partial charge in [0.2, 0.25) is 5.89 Å². The quantitative estimate of drug-likeness (QED) is 0.847. The van der Waals surface area contributed by atoms with Crippen molar-refractivity contribution in [2.75, 3.05) is 26.7 Å². The number of carbonyl (C=O) groups excluding carboxylic acids is 1. The third-order valence-electron chi connectivity index (χ3n) is 4.18. The summed E-state index contributed by atoms with van der Waals surface area (Å²) < 4.78 is 18.5. The Balaban J connectivity index is 1.81. The summed E-state index contributed by atoms with van der Waals surface area (Å²) in [4.78, 5) is 20.9. The summed E-state index contributed by atoms with van der Waals surface area (Å²) >= 11 is 0. The first-order valence-electron chi connectivity index (χ1n) is 7.51. The summed E-state index contributed by atoms with van der Waals surface area (Å²) in [7, 11) is 1.97. The van der Waals surface area contributed by atoms with Crippen molar-refractivity contribution in [2.45, 2.75) is 19.9 Å². The Bertz CT molecular complexity index is 731. The number of nitrogens with zero attached hydrogens (tertiary/aromatic N) is 4. The predicted octanol–water partition coefficient (Wildman–Crippen LogP) is 1.95. The van der Waals surface area contributed by atoms with Gasteiger partial charge in [-0.05, 0) is 44.7 Å². The summed E-state index contributed by atoms with van der Waals surface area (Å²) in [6.07, 6.45) is 0. The minimum Gasteiger partial charge on any atom is -0.338 e. The van der Waals surface area contributed by atoms with Gasteiger partial charge in [0.15, 0.2) is 5.82 Å². The van der Waals surface area contributed by atoms with Crippen LogP contribution in [0.2, 0.25) is 0 Å². The van der Waals surface area contributed by atoms with Gasteiger partial charge in [0.25, 0.3) is 5.91 Å². The largest absolute Gasteiger partial charge is 0.338 e. The van der Waals surface area contributed by atoms with Crippen LogP contribution in [0.15, 0.2) is 22.7 Å². The predicted molar refractivity (Wildman–Crippen MR) is 81.4 cm³/mol. The number of likely N-dealkylation sites (N-methyl/N-ethyl adjacent to an activating group) is 1. The fourth-order valence-corrected chi connectivity index (χ4v) is 2.81. The highest BCUT2D eigenvalue weighted by Crippen LogP contribution is 2.24. The number of hydrogen-bond acceptors (Lipinski definition) is 5. The molecule has 1 aromatic carbocycles. The van der Waals surface area contributed by atoms with Crippen molar-refractivity contribution >= 4 is 5.91 Å². The Morgan fingerprint density at radius 2 is 2.13 bits per heavy atom. The second-order valence-corrected chi connectivity index (χ2v) is 5.89. The van der Waals surface area contributed by atoms with E-state index in [0.717, 1.165) is 0 Å². The molecule has 0 N–H and O–H groups in total. The number of hydrogen-bond donors (Lipinski definition) is 0. The minimum atomic E-state index is -0.336. The molecule has 0 aliphatic carbocycles. The number of carbonyl (C=O) groups is 1. The van der Waals surface area contributed by atoms with Crippen LogP contribution in [0.5, 0.6) is 0 Å². The van der Waals surface area contributed by atoms with E-state index in [9.17, 15) is 9.18 Å². The molecule has 23 heavy (non-hydrogen) atoms. The standard InChI is InChI=1S/C16H19FN4O2/c1-10-8-12(17)4-5-13(10)16(22)21-7-6-20(3)14(9-21)15-18-11(2)19-23-15/h4-5,8,14H,6-7,9H2,1-3H3. The summed E-state index contributed by atoms with van der Waals surface area (Å²) in [5.74, 6) is 0.651. The fraction of sp³-hybridized carbons (Fsp3) is 0.438. The van der Waals surface area contributed by atoms with Crippen molar-refractivity contribution in [2.24, 2.45) is 0 Å². The van der Waals surface area contributed by atoms with Crippen molar-refractivity contribution in [3.63, 3.8) is 0 Å². The van der Waals surface area contributed by atoms with E-state index in [2.05, 4.69) is 15.0 Å². The topological polar surface area (TPSA) is 62.5 Å². The third-order valence-corrected chi connectivity index (χ3v) is 4.18. The van der Waals surface area contributed by atoms with Gasteiger partial charge in [0.1, 0.15) is 11.9 Å². The molecule has 1 amide bonds. The Hall–Kier alpha value is -2.28. The molecule has 1 aliphatic heterocycles. The number of aryl methyl sites for hydroxylation is 2. The van der Waals surface area contributed by atoms with E-state index in [1.165, 1.54) is 18.2 Å². The summed E-state index contributed by atoms with van der Waals surface area (Å²) in [6.45, 7) is 5.29. The number of aromatic nitrogens is 2. The zero-order chi connectivity index (χ0) is 16.6. The molecule has 2 aromatic rings. The lowest BCUT2D eigenvalue weighted by molar-refractivity contribution is 0.0488. The van der Waals surface area contributed by atoms with Crippen LogP contribution in [0.3, 0.4) is 0 Å². The van der Waals surface area contributed by atoms with E-state index in [4.69, 9.17) is 4.52 Å². The van der Waals surface area contributed by atoms with Gasteiger partial charge < -0.3 is 9.42 Å². The van der Waals surface area contributed by atoms with Crippen molar-refractivity contribution < 1.29 is 13.7 Å². The van der Waals surface area contributed by atoms with E-state index >= 15 is 0 Å². The summed E-state index contributed by atoms with van der Waals surface area (Å²) in [5, 5.41) is 3.82. The van der Waals surface area contributed by atoms with Gasteiger partial charge in [0, 0.05) is 25.2 Å². The van der Waals surface area contributed by atoms with Crippen LogP contribution < -0.4 is 0 Å². The zero-order valence-electron chi connectivity index (χ0n) is 13.4. The maximum atomic E-state index is 13.2. The highest BCUT2D eigenvalue weighted by Gasteiger charge is 2.32. The number of amides is 1. The molecule has 1 aliphatic rings. The highest BCUT2D eigenvalue weighted by atomic mass is 19.1. The van der Waals surface area contributed by atoms with Gasteiger partial charge in [-0.25, -0.2) is 4.39 Å². The van der Waals surface area contributed by atoms with Crippen molar-refractivity contribution in [1.29, 1.82) is 0 Å². The Labute approximate surface area is 133 Å². The lowest BCUT2D eigenvalue weighted by Crippen LogP contribution is -2.49. The molecule has 122 valence electrons. The molecular formula is C16H19FN4O2. The van der Waals surface area contributed by atoms with Crippen LogP contribution in [0.25, 0.3) is 0 Å². The van der Waals surface area contributed by atoms with Crippen LogP contribution in [-0.4, -0.2) is 52.5 Å².